The lowest BCUT2D eigenvalue weighted by molar-refractivity contribution is -0.152. The summed E-state index contributed by atoms with van der Waals surface area (Å²) < 4.78 is 1.53. The fraction of sp³-hybridized carbons (Fsp3) is 0.389. The van der Waals surface area contributed by atoms with Crippen molar-refractivity contribution >= 4 is 23.6 Å². The van der Waals surface area contributed by atoms with E-state index in [2.05, 4.69) is 15.5 Å². The average Bonchev–Trinajstić information content (AvgIpc) is 3.23. The molecule has 1 aromatic carbocycles. The normalized spacial score (nSPS) is 19.5. The topological polar surface area (TPSA) is 118 Å². The molecule has 10 heteroatoms. The average molecular weight is 382 g/mol. The number of hydrogen-bond acceptors (Lipinski definition) is 7. The fourth-order valence-corrected chi connectivity index (χ4v) is 3.58. The Kier molecular flexibility index (Phi) is 4.46. The Morgan fingerprint density at radius 2 is 1.75 bits per heavy atom. The highest BCUT2D eigenvalue weighted by Crippen LogP contribution is 2.29. The number of carbonyl (C=O) groups is 4. The summed E-state index contributed by atoms with van der Waals surface area (Å²) in [5.74, 6) is -1.60. The summed E-state index contributed by atoms with van der Waals surface area (Å²) in [5, 5.41) is 11.3. The van der Waals surface area contributed by atoms with Crippen molar-refractivity contribution in [2.45, 2.75) is 45.3 Å². The van der Waals surface area contributed by atoms with Gasteiger partial charge in [0.1, 0.15) is 6.04 Å². The molecule has 1 saturated heterocycles. The Hall–Kier alpha value is -3.43. The Balaban J connectivity index is 1.60. The lowest BCUT2D eigenvalue weighted by Crippen LogP contribution is -2.55. The first kappa shape index (κ1) is 18.0. The minimum Gasteiger partial charge on any atom is -0.274 e. The lowest BCUT2D eigenvalue weighted by atomic mass is 10.0. The molecule has 0 bridgehead atoms. The molecule has 1 fully saturated rings. The molecule has 28 heavy (non-hydrogen) atoms. The molecule has 1 atom stereocenters. The summed E-state index contributed by atoms with van der Waals surface area (Å²) in [6.45, 7) is 2.42. The number of rotatable bonds is 5. The smallest absolute Gasteiger partial charge is 0.262 e. The van der Waals surface area contributed by atoms with Gasteiger partial charge in [0.15, 0.2) is 5.82 Å². The lowest BCUT2D eigenvalue weighted by Gasteiger charge is -2.34. The number of carbonyl (C=O) groups excluding carboxylic acids is 4. The minimum absolute atomic E-state index is 0.0547. The second-order valence-corrected chi connectivity index (χ2v) is 6.72. The number of amides is 4. The van der Waals surface area contributed by atoms with E-state index in [-0.39, 0.29) is 36.4 Å². The summed E-state index contributed by atoms with van der Waals surface area (Å²) >= 11 is 0. The van der Waals surface area contributed by atoms with Crippen LogP contribution in [0.25, 0.3) is 0 Å². The maximum absolute atomic E-state index is 13.0. The minimum atomic E-state index is -1.01. The Morgan fingerprint density at radius 3 is 2.39 bits per heavy atom. The van der Waals surface area contributed by atoms with Crippen molar-refractivity contribution in [2.75, 3.05) is 0 Å². The molecule has 0 saturated carbocycles. The largest absolute Gasteiger partial charge is 0.274 e. The van der Waals surface area contributed by atoms with Crippen LogP contribution in [-0.2, 0) is 22.7 Å². The van der Waals surface area contributed by atoms with E-state index < -0.39 is 23.8 Å². The zero-order chi connectivity index (χ0) is 19.8. The predicted octanol–water partition coefficient (Wildman–Crippen LogP) is 0.397. The van der Waals surface area contributed by atoms with Gasteiger partial charge in [0, 0.05) is 13.0 Å². The van der Waals surface area contributed by atoms with Gasteiger partial charge in [-0.05, 0) is 35.4 Å². The van der Waals surface area contributed by atoms with Gasteiger partial charge in [-0.3, -0.25) is 29.0 Å². The van der Waals surface area contributed by atoms with Crippen molar-refractivity contribution in [2.24, 2.45) is 0 Å². The van der Waals surface area contributed by atoms with Crippen LogP contribution in [-0.4, -0.2) is 59.7 Å². The standard InChI is InChI=1S/C18H18N6O4/c1-2-9-23-14(19-20-21-23)10-22-15(25)8-7-13(18(22)28)24-16(26)11-5-3-4-6-12(11)17(24)27/h3-6,13H,2,7-10H2,1H3/t13-/m0/s1. The van der Waals surface area contributed by atoms with E-state index in [1.807, 2.05) is 6.92 Å². The number of aromatic nitrogens is 4. The first-order valence-corrected chi connectivity index (χ1v) is 9.09. The zero-order valence-electron chi connectivity index (χ0n) is 15.2. The number of benzene rings is 1. The van der Waals surface area contributed by atoms with Crippen molar-refractivity contribution < 1.29 is 19.2 Å². The summed E-state index contributed by atoms with van der Waals surface area (Å²) in [5.41, 5.74) is 0.547. The SMILES string of the molecule is CCCn1nnnc1CN1C(=O)CC[C@H](N2C(=O)c3ccccc3C2=O)C1=O. The van der Waals surface area contributed by atoms with Crippen molar-refractivity contribution in [1.29, 1.82) is 0 Å². The van der Waals surface area contributed by atoms with Crippen LogP contribution in [0, 0.1) is 0 Å². The summed E-state index contributed by atoms with van der Waals surface area (Å²) in [4.78, 5) is 52.9. The molecule has 144 valence electrons. The highest BCUT2D eigenvalue weighted by molar-refractivity contribution is 6.23. The van der Waals surface area contributed by atoms with Crippen molar-refractivity contribution in [1.82, 2.24) is 30.0 Å². The maximum atomic E-state index is 13.0. The molecule has 3 heterocycles. The highest BCUT2D eigenvalue weighted by Gasteiger charge is 2.47. The van der Waals surface area contributed by atoms with Gasteiger partial charge < -0.3 is 0 Å². The third-order valence-electron chi connectivity index (χ3n) is 4.96. The number of likely N-dealkylation sites (tertiary alicyclic amines) is 1. The molecule has 4 amide bonds. The van der Waals surface area contributed by atoms with Crippen molar-refractivity contribution in [3.05, 3.63) is 41.2 Å². The van der Waals surface area contributed by atoms with E-state index in [1.165, 1.54) is 4.68 Å². The number of fused-ring (bicyclic) bond motifs is 1. The number of aryl methyl sites for hydroxylation is 1. The second-order valence-electron chi connectivity index (χ2n) is 6.72. The van der Waals surface area contributed by atoms with E-state index in [0.717, 1.165) is 16.2 Å². The maximum Gasteiger partial charge on any atom is 0.262 e. The third kappa shape index (κ3) is 2.77. The first-order valence-electron chi connectivity index (χ1n) is 9.09. The first-order chi connectivity index (χ1) is 13.5. The summed E-state index contributed by atoms with van der Waals surface area (Å²) in [6.07, 6.45) is 0.955. The number of piperidine rings is 1. The van der Waals surface area contributed by atoms with Crippen LogP contribution in [0.2, 0.25) is 0 Å². The van der Waals surface area contributed by atoms with Crippen molar-refractivity contribution in [3.63, 3.8) is 0 Å². The molecule has 10 nitrogen and oxygen atoms in total. The zero-order valence-corrected chi connectivity index (χ0v) is 15.2. The van der Waals surface area contributed by atoms with E-state index in [0.29, 0.717) is 12.4 Å². The quantitative estimate of drug-likeness (QED) is 0.687. The van der Waals surface area contributed by atoms with Gasteiger partial charge in [-0.1, -0.05) is 19.1 Å². The molecule has 2 aliphatic heterocycles. The van der Waals surface area contributed by atoms with Gasteiger partial charge in [-0.2, -0.15) is 0 Å². The van der Waals surface area contributed by atoms with Gasteiger partial charge in [-0.25, -0.2) is 4.68 Å². The Bertz CT molecular complexity index is 949. The van der Waals surface area contributed by atoms with Crippen LogP contribution in [0.5, 0.6) is 0 Å². The Labute approximate surface area is 160 Å². The molecule has 4 rings (SSSR count). The molecular formula is C18H18N6O4. The van der Waals surface area contributed by atoms with Crippen LogP contribution in [0.3, 0.4) is 0 Å². The van der Waals surface area contributed by atoms with E-state index in [4.69, 9.17) is 0 Å². The molecule has 0 spiro atoms. The van der Waals surface area contributed by atoms with Crippen LogP contribution < -0.4 is 0 Å². The number of imide groups is 2. The molecular weight excluding hydrogens is 364 g/mol. The predicted molar refractivity (Wildman–Crippen MR) is 93.6 cm³/mol. The molecule has 0 radical (unpaired) electrons. The summed E-state index contributed by atoms with van der Waals surface area (Å²) in [6, 6.07) is 5.44. The van der Waals surface area contributed by atoms with Crippen LogP contribution >= 0.6 is 0 Å². The fourth-order valence-electron chi connectivity index (χ4n) is 3.58. The van der Waals surface area contributed by atoms with E-state index in [9.17, 15) is 19.2 Å². The van der Waals surface area contributed by atoms with Gasteiger partial charge in [-0.15, -0.1) is 5.10 Å². The highest BCUT2D eigenvalue weighted by atomic mass is 16.2. The monoisotopic (exact) mass is 382 g/mol. The van der Waals surface area contributed by atoms with Crippen LogP contribution in [0.4, 0.5) is 0 Å². The Morgan fingerprint density at radius 1 is 1.07 bits per heavy atom. The summed E-state index contributed by atoms with van der Waals surface area (Å²) in [7, 11) is 0. The molecule has 2 aliphatic rings. The van der Waals surface area contributed by atoms with Crippen molar-refractivity contribution in [3.8, 4) is 0 Å². The van der Waals surface area contributed by atoms with Crippen LogP contribution in [0.15, 0.2) is 24.3 Å². The molecule has 0 N–H and O–H groups in total. The second kappa shape index (κ2) is 6.95. The molecule has 0 unspecified atom stereocenters. The van der Waals surface area contributed by atoms with E-state index in [1.54, 1.807) is 24.3 Å². The van der Waals surface area contributed by atoms with Gasteiger partial charge >= 0.3 is 0 Å². The van der Waals surface area contributed by atoms with Gasteiger partial charge in [0.05, 0.1) is 17.7 Å². The molecule has 2 aromatic rings. The number of nitrogens with zero attached hydrogens (tertiary/aromatic N) is 6. The third-order valence-corrected chi connectivity index (χ3v) is 4.96. The van der Waals surface area contributed by atoms with Crippen LogP contribution in [0.1, 0.15) is 52.7 Å². The molecule has 1 aromatic heterocycles. The number of tetrazole rings is 1. The van der Waals surface area contributed by atoms with E-state index >= 15 is 0 Å². The van der Waals surface area contributed by atoms with Gasteiger partial charge in [0.25, 0.3) is 17.7 Å². The number of hydrogen-bond donors (Lipinski definition) is 0. The van der Waals surface area contributed by atoms with Gasteiger partial charge in [0.2, 0.25) is 5.91 Å². The molecule has 0 aliphatic carbocycles.